The van der Waals surface area contributed by atoms with Crippen molar-refractivity contribution in [2.45, 2.75) is 32.2 Å². The van der Waals surface area contributed by atoms with Crippen LogP contribution in [0.4, 0.5) is 0 Å². The van der Waals surface area contributed by atoms with Crippen LogP contribution in [-0.4, -0.2) is 41.6 Å². The van der Waals surface area contributed by atoms with Crippen LogP contribution in [0.15, 0.2) is 18.2 Å². The number of nitrogens with zero attached hydrogens (tertiary/aromatic N) is 1. The van der Waals surface area contributed by atoms with Crippen LogP contribution >= 0.6 is 11.6 Å². The third kappa shape index (κ3) is 3.44. The molecule has 0 atom stereocenters. The van der Waals surface area contributed by atoms with Gasteiger partial charge in [-0.3, -0.25) is 4.79 Å². The van der Waals surface area contributed by atoms with Crippen LogP contribution in [0.1, 0.15) is 36.5 Å². The fourth-order valence-corrected chi connectivity index (χ4v) is 2.82. The molecule has 110 valence electrons. The van der Waals surface area contributed by atoms with Crippen LogP contribution in [0.25, 0.3) is 0 Å². The molecular formula is C15H21ClN2O2. The Morgan fingerprint density at radius 1 is 1.45 bits per heavy atom. The molecule has 1 aromatic carbocycles. The molecule has 4 nitrogen and oxygen atoms in total. The third-order valence-electron chi connectivity index (χ3n) is 3.66. The van der Waals surface area contributed by atoms with Crippen molar-refractivity contribution in [3.8, 4) is 5.75 Å². The first-order valence-corrected chi connectivity index (χ1v) is 7.51. The Balaban J connectivity index is 2.23. The van der Waals surface area contributed by atoms with E-state index in [-0.39, 0.29) is 17.7 Å². The lowest BCUT2D eigenvalue weighted by Gasteiger charge is -2.34. The molecule has 1 saturated heterocycles. The molecule has 1 amide bonds. The molecule has 2 rings (SSSR count). The van der Waals surface area contributed by atoms with Gasteiger partial charge in [-0.2, -0.15) is 0 Å². The molecule has 0 radical (unpaired) electrons. The first-order chi connectivity index (χ1) is 9.63. The second-order valence-corrected chi connectivity index (χ2v) is 5.58. The second kappa shape index (κ2) is 6.95. The van der Waals surface area contributed by atoms with Crippen LogP contribution in [0.3, 0.4) is 0 Å². The minimum atomic E-state index is -0.126. The molecule has 1 heterocycles. The highest BCUT2D eigenvalue weighted by atomic mass is 35.5. The Hall–Kier alpha value is -1.26. The van der Waals surface area contributed by atoms with Gasteiger partial charge in [-0.1, -0.05) is 18.5 Å². The number of nitrogens with one attached hydrogen (secondary N) is 1. The maximum atomic E-state index is 12.7. The molecule has 20 heavy (non-hydrogen) atoms. The van der Waals surface area contributed by atoms with Crippen molar-refractivity contribution in [2.75, 3.05) is 19.6 Å². The molecule has 0 unspecified atom stereocenters. The summed E-state index contributed by atoms with van der Waals surface area (Å²) in [5.41, 5.74) is 0.296. The maximum Gasteiger partial charge on any atom is 0.257 e. The number of hydrogen-bond acceptors (Lipinski definition) is 3. The van der Waals surface area contributed by atoms with E-state index in [0.717, 1.165) is 32.4 Å². The summed E-state index contributed by atoms with van der Waals surface area (Å²) in [4.78, 5) is 14.6. The van der Waals surface area contributed by atoms with Crippen molar-refractivity contribution in [1.82, 2.24) is 10.2 Å². The molecule has 0 spiro atoms. The number of aromatic hydroxyl groups is 1. The van der Waals surface area contributed by atoms with Crippen LogP contribution < -0.4 is 5.32 Å². The lowest BCUT2D eigenvalue weighted by atomic mass is 10.0. The number of phenolic OH excluding ortho intramolecular Hbond substituents is 1. The summed E-state index contributed by atoms with van der Waals surface area (Å²) in [6, 6.07) is 4.84. The largest absolute Gasteiger partial charge is 0.507 e. The summed E-state index contributed by atoms with van der Waals surface area (Å²) >= 11 is 5.94. The number of hydrogen-bond donors (Lipinski definition) is 2. The molecule has 0 aliphatic carbocycles. The zero-order chi connectivity index (χ0) is 14.5. The number of rotatable bonds is 4. The van der Waals surface area contributed by atoms with Crippen molar-refractivity contribution < 1.29 is 9.90 Å². The van der Waals surface area contributed by atoms with E-state index in [9.17, 15) is 9.90 Å². The first kappa shape index (κ1) is 15.1. The second-order valence-electron chi connectivity index (χ2n) is 5.14. The van der Waals surface area contributed by atoms with Crippen molar-refractivity contribution >= 4 is 17.5 Å². The van der Waals surface area contributed by atoms with Crippen LogP contribution in [0.2, 0.25) is 5.02 Å². The van der Waals surface area contributed by atoms with Gasteiger partial charge in [0.15, 0.2) is 0 Å². The summed E-state index contributed by atoms with van der Waals surface area (Å²) in [5, 5.41) is 13.7. The highest BCUT2D eigenvalue weighted by molar-refractivity contribution is 6.31. The summed E-state index contributed by atoms with van der Waals surface area (Å²) < 4.78 is 0. The monoisotopic (exact) mass is 296 g/mol. The Labute approximate surface area is 124 Å². The van der Waals surface area contributed by atoms with E-state index < -0.39 is 0 Å². The zero-order valence-corrected chi connectivity index (χ0v) is 12.5. The molecule has 0 aromatic heterocycles. The van der Waals surface area contributed by atoms with Gasteiger partial charge in [0.05, 0.1) is 5.56 Å². The maximum absolute atomic E-state index is 12.7. The van der Waals surface area contributed by atoms with Gasteiger partial charge in [-0.05, 0) is 50.6 Å². The predicted octanol–water partition coefficient (Wildman–Crippen LogP) is 2.65. The average Bonchev–Trinajstić information content (AvgIpc) is 2.47. The van der Waals surface area contributed by atoms with Gasteiger partial charge in [-0.15, -0.1) is 0 Å². The molecular weight excluding hydrogens is 276 g/mol. The number of carbonyl (C=O) groups is 1. The van der Waals surface area contributed by atoms with Crippen LogP contribution in [0.5, 0.6) is 5.75 Å². The summed E-state index contributed by atoms with van der Waals surface area (Å²) in [6.45, 7) is 4.62. The van der Waals surface area contributed by atoms with E-state index in [1.54, 1.807) is 12.1 Å². The fraction of sp³-hybridized carbons (Fsp3) is 0.533. The van der Waals surface area contributed by atoms with Gasteiger partial charge in [0.2, 0.25) is 0 Å². The van der Waals surface area contributed by atoms with Gasteiger partial charge in [-0.25, -0.2) is 0 Å². The topological polar surface area (TPSA) is 52.6 Å². The normalized spacial score (nSPS) is 16.1. The summed E-state index contributed by atoms with van der Waals surface area (Å²) in [6.07, 6.45) is 2.80. The molecule has 1 aliphatic heterocycles. The van der Waals surface area contributed by atoms with E-state index in [0.29, 0.717) is 17.1 Å². The minimum absolute atomic E-state index is 0.00515. The van der Waals surface area contributed by atoms with Gasteiger partial charge in [0, 0.05) is 17.6 Å². The Kier molecular flexibility index (Phi) is 5.26. The van der Waals surface area contributed by atoms with Crippen molar-refractivity contribution in [1.29, 1.82) is 0 Å². The van der Waals surface area contributed by atoms with E-state index in [4.69, 9.17) is 11.6 Å². The molecule has 5 heteroatoms. The van der Waals surface area contributed by atoms with E-state index in [1.807, 2.05) is 4.90 Å². The number of phenols is 1. The fourth-order valence-electron chi connectivity index (χ4n) is 2.64. The van der Waals surface area contributed by atoms with Gasteiger partial charge < -0.3 is 15.3 Å². The standard InChI is InChI=1S/C15H21ClN2O2/c1-2-9-18(12-5-7-17-8-6-12)15(20)13-10-11(16)3-4-14(13)19/h3-4,10,12,17,19H,2,5-9H2,1H3. The lowest BCUT2D eigenvalue weighted by Crippen LogP contribution is -2.46. The predicted molar refractivity (Wildman–Crippen MR) is 80.3 cm³/mol. The van der Waals surface area contributed by atoms with E-state index in [2.05, 4.69) is 12.2 Å². The van der Waals surface area contributed by atoms with Gasteiger partial charge in [0.25, 0.3) is 5.91 Å². The van der Waals surface area contributed by atoms with Crippen molar-refractivity contribution in [3.05, 3.63) is 28.8 Å². The van der Waals surface area contributed by atoms with Gasteiger partial charge >= 0.3 is 0 Å². The number of halogens is 1. The highest BCUT2D eigenvalue weighted by Crippen LogP contribution is 2.25. The average molecular weight is 297 g/mol. The van der Waals surface area contributed by atoms with Crippen molar-refractivity contribution in [2.24, 2.45) is 0 Å². The van der Waals surface area contributed by atoms with Crippen molar-refractivity contribution in [3.63, 3.8) is 0 Å². The number of benzene rings is 1. The molecule has 0 bridgehead atoms. The SMILES string of the molecule is CCCN(C(=O)c1cc(Cl)ccc1O)C1CCNCC1. The lowest BCUT2D eigenvalue weighted by molar-refractivity contribution is 0.0639. The van der Waals surface area contributed by atoms with E-state index in [1.165, 1.54) is 6.07 Å². The molecule has 1 aliphatic rings. The summed E-state index contributed by atoms with van der Waals surface area (Å²) in [5.74, 6) is -0.131. The first-order valence-electron chi connectivity index (χ1n) is 7.13. The molecule has 2 N–H and O–H groups in total. The number of carbonyl (C=O) groups excluding carboxylic acids is 1. The molecule has 1 aromatic rings. The smallest absolute Gasteiger partial charge is 0.257 e. The quantitative estimate of drug-likeness (QED) is 0.898. The zero-order valence-electron chi connectivity index (χ0n) is 11.7. The van der Waals surface area contributed by atoms with Crippen LogP contribution in [0, 0.1) is 0 Å². The minimum Gasteiger partial charge on any atom is -0.507 e. The van der Waals surface area contributed by atoms with E-state index >= 15 is 0 Å². The van der Waals surface area contributed by atoms with Gasteiger partial charge in [0.1, 0.15) is 5.75 Å². The third-order valence-corrected chi connectivity index (χ3v) is 3.90. The Bertz CT molecular complexity index is 473. The number of piperidine rings is 1. The highest BCUT2D eigenvalue weighted by Gasteiger charge is 2.27. The Morgan fingerprint density at radius 2 is 2.15 bits per heavy atom. The number of amides is 1. The molecule has 1 fully saturated rings. The summed E-state index contributed by atoms with van der Waals surface area (Å²) in [7, 11) is 0. The van der Waals surface area contributed by atoms with Crippen LogP contribution in [-0.2, 0) is 0 Å². The Morgan fingerprint density at radius 3 is 2.80 bits per heavy atom. The molecule has 0 saturated carbocycles.